The molecule has 0 aromatic rings. The summed E-state index contributed by atoms with van der Waals surface area (Å²) in [7, 11) is 0. The number of hydrogen-bond acceptors (Lipinski definition) is 2. The summed E-state index contributed by atoms with van der Waals surface area (Å²) in [6.07, 6.45) is 14.5. The highest BCUT2D eigenvalue weighted by atomic mass is 35.5. The Bertz CT molecular complexity index is 418. The Morgan fingerprint density at radius 1 is 0.875 bits per heavy atom. The molecule has 24 heavy (non-hydrogen) atoms. The number of carbonyl (C=O) groups excluding carboxylic acids is 1. The van der Waals surface area contributed by atoms with Gasteiger partial charge in [0.15, 0.2) is 0 Å². The Kier molecular flexibility index (Phi) is 6.48. The third kappa shape index (κ3) is 4.46. The van der Waals surface area contributed by atoms with Crippen LogP contribution >= 0.6 is 12.4 Å². The van der Waals surface area contributed by atoms with E-state index in [2.05, 4.69) is 10.2 Å². The number of likely N-dealkylation sites (tertiary alicyclic amines) is 1. The summed E-state index contributed by atoms with van der Waals surface area (Å²) < 4.78 is 0. The first-order chi connectivity index (χ1) is 11.3. The Labute approximate surface area is 153 Å². The molecule has 3 atom stereocenters. The molecular weight excluding hydrogens is 320 g/mol. The highest BCUT2D eigenvalue weighted by molar-refractivity contribution is 5.85. The predicted molar refractivity (Wildman–Crippen MR) is 100 cm³/mol. The molecule has 4 aliphatic rings. The van der Waals surface area contributed by atoms with E-state index in [1.165, 1.54) is 64.3 Å². The molecule has 0 aromatic carbocycles. The van der Waals surface area contributed by atoms with E-state index in [-0.39, 0.29) is 12.4 Å². The van der Waals surface area contributed by atoms with Crippen LogP contribution < -0.4 is 5.32 Å². The van der Waals surface area contributed by atoms with E-state index in [1.54, 1.807) is 0 Å². The maximum absolute atomic E-state index is 12.9. The number of amides is 1. The molecule has 4 fully saturated rings. The molecule has 3 aliphatic carbocycles. The average molecular weight is 355 g/mol. The van der Waals surface area contributed by atoms with Crippen LogP contribution in [-0.2, 0) is 4.79 Å². The van der Waals surface area contributed by atoms with Crippen molar-refractivity contribution in [2.45, 2.75) is 76.7 Å². The molecular formula is C20H35ClN2O. The van der Waals surface area contributed by atoms with Crippen LogP contribution in [0.4, 0.5) is 0 Å². The average Bonchev–Trinajstić information content (AvgIpc) is 3.44. The molecule has 3 unspecified atom stereocenters. The van der Waals surface area contributed by atoms with E-state index in [4.69, 9.17) is 0 Å². The van der Waals surface area contributed by atoms with Crippen molar-refractivity contribution < 1.29 is 4.79 Å². The second-order valence-electron chi connectivity index (χ2n) is 8.77. The van der Waals surface area contributed by atoms with Gasteiger partial charge in [0.1, 0.15) is 0 Å². The van der Waals surface area contributed by atoms with Crippen LogP contribution in [0, 0.1) is 23.7 Å². The maximum atomic E-state index is 12.9. The topological polar surface area (TPSA) is 32.3 Å². The van der Waals surface area contributed by atoms with Crippen molar-refractivity contribution in [3.05, 3.63) is 0 Å². The van der Waals surface area contributed by atoms with Crippen molar-refractivity contribution >= 4 is 18.3 Å². The number of nitrogens with zero attached hydrogens (tertiary/aromatic N) is 1. The monoisotopic (exact) mass is 354 g/mol. The minimum Gasteiger partial charge on any atom is -0.342 e. The second kappa shape index (κ2) is 8.40. The lowest BCUT2D eigenvalue weighted by atomic mass is 9.67. The van der Waals surface area contributed by atoms with E-state index in [9.17, 15) is 4.79 Å². The number of rotatable bonds is 4. The van der Waals surface area contributed by atoms with Crippen molar-refractivity contribution in [3.63, 3.8) is 0 Å². The van der Waals surface area contributed by atoms with Crippen LogP contribution in [0.1, 0.15) is 70.6 Å². The lowest BCUT2D eigenvalue weighted by Crippen LogP contribution is -2.48. The van der Waals surface area contributed by atoms with Gasteiger partial charge in [-0.1, -0.05) is 25.7 Å². The SMILES string of the molecule is Cl.O=C(C1CCC2CCCCC2C1)N1CCC(NCC2CC2)CC1. The first-order valence-electron chi connectivity index (χ1n) is 10.3. The molecule has 4 rings (SSSR count). The number of hydrogen-bond donors (Lipinski definition) is 1. The first-order valence-corrected chi connectivity index (χ1v) is 10.3. The summed E-state index contributed by atoms with van der Waals surface area (Å²) in [6, 6.07) is 0.661. The zero-order valence-electron chi connectivity index (χ0n) is 15.0. The molecule has 1 saturated heterocycles. The van der Waals surface area contributed by atoms with Gasteiger partial charge in [-0.2, -0.15) is 0 Å². The van der Waals surface area contributed by atoms with Gasteiger partial charge in [0.25, 0.3) is 0 Å². The van der Waals surface area contributed by atoms with E-state index in [0.717, 1.165) is 43.7 Å². The van der Waals surface area contributed by atoms with E-state index in [1.807, 2.05) is 0 Å². The zero-order chi connectivity index (χ0) is 15.6. The molecule has 1 N–H and O–H groups in total. The number of halogens is 1. The number of fused-ring (bicyclic) bond motifs is 1. The summed E-state index contributed by atoms with van der Waals surface area (Å²) >= 11 is 0. The molecule has 138 valence electrons. The fourth-order valence-corrected chi connectivity index (χ4v) is 5.32. The molecule has 4 heteroatoms. The Balaban J connectivity index is 0.00000169. The molecule has 1 amide bonds. The Morgan fingerprint density at radius 2 is 1.58 bits per heavy atom. The second-order valence-corrected chi connectivity index (χ2v) is 8.77. The van der Waals surface area contributed by atoms with Gasteiger partial charge in [-0.15, -0.1) is 12.4 Å². The van der Waals surface area contributed by atoms with Gasteiger partial charge in [0.05, 0.1) is 0 Å². The predicted octanol–water partition coefficient (Wildman–Crippen LogP) is 4.01. The molecule has 3 saturated carbocycles. The normalized spacial score (nSPS) is 34.3. The quantitative estimate of drug-likeness (QED) is 0.827. The highest BCUT2D eigenvalue weighted by Crippen LogP contribution is 2.43. The van der Waals surface area contributed by atoms with Crippen LogP contribution in [0.25, 0.3) is 0 Å². The number of piperidine rings is 1. The van der Waals surface area contributed by atoms with Gasteiger partial charge in [0.2, 0.25) is 5.91 Å². The largest absolute Gasteiger partial charge is 0.342 e. The van der Waals surface area contributed by atoms with Crippen LogP contribution in [0.15, 0.2) is 0 Å². The zero-order valence-corrected chi connectivity index (χ0v) is 15.9. The lowest BCUT2D eigenvalue weighted by Gasteiger charge is -2.41. The Morgan fingerprint density at radius 3 is 2.29 bits per heavy atom. The molecule has 1 aliphatic heterocycles. The highest BCUT2D eigenvalue weighted by Gasteiger charge is 2.37. The van der Waals surface area contributed by atoms with Gasteiger partial charge in [0, 0.05) is 25.0 Å². The lowest BCUT2D eigenvalue weighted by molar-refractivity contribution is -0.139. The minimum atomic E-state index is 0. The van der Waals surface area contributed by atoms with Gasteiger partial charge in [-0.3, -0.25) is 4.79 Å². The van der Waals surface area contributed by atoms with Gasteiger partial charge in [-0.05, 0) is 69.2 Å². The third-order valence-electron chi connectivity index (χ3n) is 7.09. The van der Waals surface area contributed by atoms with Crippen LogP contribution in [0.5, 0.6) is 0 Å². The fraction of sp³-hybridized carbons (Fsp3) is 0.950. The van der Waals surface area contributed by atoms with Crippen LogP contribution in [-0.4, -0.2) is 36.5 Å². The van der Waals surface area contributed by atoms with Crippen molar-refractivity contribution in [1.29, 1.82) is 0 Å². The van der Waals surface area contributed by atoms with Gasteiger partial charge in [-0.25, -0.2) is 0 Å². The van der Waals surface area contributed by atoms with Crippen molar-refractivity contribution in [2.24, 2.45) is 23.7 Å². The summed E-state index contributed by atoms with van der Waals surface area (Å²) in [5.74, 6) is 3.62. The van der Waals surface area contributed by atoms with Crippen LogP contribution in [0.2, 0.25) is 0 Å². The minimum absolute atomic E-state index is 0. The molecule has 0 bridgehead atoms. The molecule has 0 aromatic heterocycles. The summed E-state index contributed by atoms with van der Waals surface area (Å²) in [6.45, 7) is 3.20. The van der Waals surface area contributed by atoms with Crippen molar-refractivity contribution in [1.82, 2.24) is 10.2 Å². The number of nitrogens with one attached hydrogen (secondary N) is 1. The molecule has 3 nitrogen and oxygen atoms in total. The van der Waals surface area contributed by atoms with Gasteiger partial charge >= 0.3 is 0 Å². The third-order valence-corrected chi connectivity index (χ3v) is 7.09. The Hall–Kier alpha value is -0.280. The first kappa shape index (κ1) is 18.5. The van der Waals surface area contributed by atoms with E-state index in [0.29, 0.717) is 17.9 Å². The maximum Gasteiger partial charge on any atom is 0.225 e. The fourth-order valence-electron chi connectivity index (χ4n) is 5.32. The molecule has 1 heterocycles. The summed E-state index contributed by atoms with van der Waals surface area (Å²) in [4.78, 5) is 15.1. The van der Waals surface area contributed by atoms with Crippen molar-refractivity contribution in [3.8, 4) is 0 Å². The van der Waals surface area contributed by atoms with Gasteiger partial charge < -0.3 is 10.2 Å². The van der Waals surface area contributed by atoms with Crippen molar-refractivity contribution in [2.75, 3.05) is 19.6 Å². The molecule has 0 radical (unpaired) electrons. The van der Waals surface area contributed by atoms with Crippen LogP contribution in [0.3, 0.4) is 0 Å². The van der Waals surface area contributed by atoms with E-state index < -0.39 is 0 Å². The summed E-state index contributed by atoms with van der Waals surface area (Å²) in [5, 5.41) is 3.72. The number of carbonyl (C=O) groups is 1. The standard InChI is InChI=1S/C20H34N2O.ClH/c23-20(18-8-7-16-3-1-2-4-17(16)13-18)22-11-9-19(10-12-22)21-14-15-5-6-15;/h15-19,21H,1-14H2;1H. The summed E-state index contributed by atoms with van der Waals surface area (Å²) in [5.41, 5.74) is 0. The smallest absolute Gasteiger partial charge is 0.225 e. The van der Waals surface area contributed by atoms with E-state index >= 15 is 0 Å². The molecule has 0 spiro atoms.